The Morgan fingerprint density at radius 1 is 0.630 bits per heavy atom. The van der Waals surface area contributed by atoms with E-state index in [4.69, 9.17) is 69.0 Å². The molecule has 7 aromatic heterocycles. The van der Waals surface area contributed by atoms with Crippen molar-refractivity contribution in [1.82, 2.24) is 38.0 Å². The number of amides is 1. The highest BCUT2D eigenvalue weighted by Gasteiger charge is 2.33. The van der Waals surface area contributed by atoms with Gasteiger partial charge >= 0.3 is 0 Å². The first kappa shape index (κ1) is 62.0. The molecule has 1 amide bonds. The van der Waals surface area contributed by atoms with Crippen LogP contribution in [0.4, 0.5) is 0 Å². The molecule has 1 unspecified atom stereocenters. The van der Waals surface area contributed by atoms with Crippen LogP contribution in [0.5, 0.6) is 0 Å². The molecule has 0 radical (unpaired) electrons. The van der Waals surface area contributed by atoms with E-state index in [-0.39, 0.29) is 23.1 Å². The van der Waals surface area contributed by atoms with Crippen molar-refractivity contribution in [3.8, 4) is 0 Å². The second-order valence-electron chi connectivity index (χ2n) is 14.8. The van der Waals surface area contributed by atoms with Crippen LogP contribution in [0.2, 0.25) is 0 Å². The maximum absolute atomic E-state index is 11.9. The number of alkyl halides is 4. The van der Waals surface area contributed by atoms with Crippen molar-refractivity contribution < 1.29 is 38.0 Å². The number of aromatic nitrogens is 7. The van der Waals surface area contributed by atoms with E-state index in [1.165, 1.54) is 5.69 Å². The number of nitrogens with one attached hydrogen (secondary N) is 3. The minimum atomic E-state index is -1.97. The standard InChI is InChI=1S/C12H16Cl3NO3.C11H18N2O3.C10H17NO2.C7H7BrN2.C7H6N2O.C4H5N/c1-3-18-10(19-4-2)8-16-7-5-6-9(16)11(17)12(13,14)15;1-3-15-10(16-4-2)8-13-7-5-6-9(13)11(12)14;1-3-12-10(13-4-2)9-11-7-5-6-8-11;8-7-6-2-1-4-10(6)5-3-9-7;10-7-6-2-1-4-9(6)5-3-8-7;1-2-4-5-3-1/h5-7,10H,3-4,8H2,1-2H3;5-7,10H,3-4,8H2,1-2H3,(H2,12,14);5-8,10H,3-4,9H2,1-2H3;1-5,7,9H;1-5H,(H,8,10);1-5H. The lowest BCUT2D eigenvalue weighted by Gasteiger charge is -2.19. The highest BCUT2D eigenvalue weighted by atomic mass is 79.9. The number of Topliss-reactive ketones (excluding diaryl/α,β-unsaturated/α-hetero) is 1. The van der Waals surface area contributed by atoms with Gasteiger partial charge in [0.25, 0.3) is 15.3 Å². The number of fused-ring (bicyclic) bond motifs is 2. The number of hydrogen-bond donors (Lipinski definition) is 4. The van der Waals surface area contributed by atoms with Crippen molar-refractivity contribution in [2.24, 2.45) is 5.73 Å². The van der Waals surface area contributed by atoms with E-state index in [0.717, 1.165) is 6.54 Å². The van der Waals surface area contributed by atoms with Crippen LogP contribution in [0.1, 0.15) is 73.2 Å². The molecule has 18 nitrogen and oxygen atoms in total. The normalized spacial score (nSPS) is 12.5. The summed E-state index contributed by atoms with van der Waals surface area (Å²) >= 11 is 20.3. The molecule has 0 aromatic carbocycles. The average molecular weight is 1140 g/mol. The summed E-state index contributed by atoms with van der Waals surface area (Å²) in [5.41, 5.74) is 7.89. The van der Waals surface area contributed by atoms with Gasteiger partial charge in [0.2, 0.25) is 5.78 Å². The summed E-state index contributed by atoms with van der Waals surface area (Å²) in [7, 11) is 0. The van der Waals surface area contributed by atoms with E-state index in [1.807, 2.05) is 128 Å². The summed E-state index contributed by atoms with van der Waals surface area (Å²) in [6.07, 6.45) is 21.6. The van der Waals surface area contributed by atoms with Gasteiger partial charge in [-0.25, -0.2) is 0 Å². The monoisotopic (exact) mass is 1140 g/mol. The molecule has 5 N–H and O–H groups in total. The predicted molar refractivity (Wildman–Crippen MR) is 291 cm³/mol. The maximum atomic E-state index is 11.9. The Kier molecular flexibility index (Phi) is 29.7. The van der Waals surface area contributed by atoms with Gasteiger partial charge in [0.15, 0.2) is 18.9 Å². The van der Waals surface area contributed by atoms with Crippen molar-refractivity contribution in [2.45, 2.75) is 88.8 Å². The Hall–Kier alpha value is -5.32. The summed E-state index contributed by atoms with van der Waals surface area (Å²) < 4.78 is 39.8. The zero-order valence-electron chi connectivity index (χ0n) is 42.0. The molecular formula is C51H69BrCl3N9O9. The van der Waals surface area contributed by atoms with Crippen molar-refractivity contribution >= 4 is 74.1 Å². The molecule has 22 heteroatoms. The number of H-pyrrole nitrogens is 2. The average Bonchev–Trinajstić information content (AvgIpc) is 4.22. The molecular weight excluding hydrogens is 1070 g/mol. The lowest BCUT2D eigenvalue weighted by molar-refractivity contribution is -0.143. The van der Waals surface area contributed by atoms with Crippen LogP contribution in [0.3, 0.4) is 0 Å². The molecule has 8 rings (SSSR count). The lowest BCUT2D eigenvalue weighted by atomic mass is 10.3. The van der Waals surface area contributed by atoms with E-state index in [2.05, 4.69) is 46.4 Å². The quantitative estimate of drug-likeness (QED) is 0.0246. The molecule has 0 fully saturated rings. The number of carbonyl (C=O) groups excluding carboxylic acids is 2. The largest absolute Gasteiger partial charge is 0.373 e. The third-order valence-corrected chi connectivity index (χ3v) is 11.0. The van der Waals surface area contributed by atoms with Gasteiger partial charge in [-0.2, -0.15) is 0 Å². The van der Waals surface area contributed by atoms with Crippen molar-refractivity contribution in [2.75, 3.05) is 39.6 Å². The molecule has 400 valence electrons. The molecule has 1 aliphatic heterocycles. The van der Waals surface area contributed by atoms with Gasteiger partial charge in [-0.1, -0.05) is 50.7 Å². The summed E-state index contributed by atoms with van der Waals surface area (Å²) in [4.78, 5) is 39.7. The minimum absolute atomic E-state index is 0.0486. The summed E-state index contributed by atoms with van der Waals surface area (Å²) in [6.45, 7) is 16.6. The van der Waals surface area contributed by atoms with Crippen LogP contribution in [-0.2, 0) is 48.1 Å². The zero-order valence-corrected chi connectivity index (χ0v) is 45.9. The number of ether oxygens (including phenoxy) is 6. The van der Waals surface area contributed by atoms with Gasteiger partial charge in [-0.05, 0) is 114 Å². The van der Waals surface area contributed by atoms with E-state index < -0.39 is 21.8 Å². The summed E-state index contributed by atoms with van der Waals surface area (Å²) in [5.74, 6) is -1.02. The third kappa shape index (κ3) is 22.8. The third-order valence-electron chi connectivity index (χ3n) is 9.74. The van der Waals surface area contributed by atoms with E-state index >= 15 is 0 Å². The van der Waals surface area contributed by atoms with Gasteiger partial charge < -0.3 is 72.1 Å². The van der Waals surface area contributed by atoms with Gasteiger partial charge in [0.05, 0.1) is 31.0 Å². The molecule has 0 saturated heterocycles. The Labute approximate surface area is 450 Å². The van der Waals surface area contributed by atoms with Crippen LogP contribution in [0.25, 0.3) is 11.7 Å². The summed E-state index contributed by atoms with van der Waals surface area (Å²) in [6, 6.07) is 22.4. The Bertz CT molecular complexity index is 2570. The fourth-order valence-electron chi connectivity index (χ4n) is 6.59. The number of nitrogens with zero attached hydrogens (tertiary/aromatic N) is 5. The number of rotatable bonds is 20. The van der Waals surface area contributed by atoms with Crippen LogP contribution in [-0.4, -0.2) is 107 Å². The molecule has 8 heterocycles. The number of carbonyl (C=O) groups is 2. The first-order chi connectivity index (χ1) is 35.2. The number of hydrogen-bond acceptors (Lipinski definition) is 10. The highest BCUT2D eigenvalue weighted by molar-refractivity contribution is 9.09. The predicted octanol–water partition coefficient (Wildman–Crippen LogP) is 9.87. The van der Waals surface area contributed by atoms with E-state index in [1.54, 1.807) is 68.7 Å². The second kappa shape index (κ2) is 35.0. The van der Waals surface area contributed by atoms with Crippen LogP contribution in [0, 0.1) is 0 Å². The van der Waals surface area contributed by atoms with Crippen LogP contribution in [0.15, 0.2) is 146 Å². The van der Waals surface area contributed by atoms with Gasteiger partial charge in [0, 0.05) is 114 Å². The first-order valence-corrected chi connectivity index (χ1v) is 25.7. The Morgan fingerprint density at radius 2 is 1.12 bits per heavy atom. The number of nitrogens with two attached hydrogens (primary N) is 1. The molecule has 7 aromatic rings. The number of primary amides is 1. The number of aromatic amines is 2. The molecule has 0 bridgehead atoms. The number of halogens is 4. The van der Waals surface area contributed by atoms with Gasteiger partial charge in [-0.15, -0.1) is 0 Å². The highest BCUT2D eigenvalue weighted by Crippen LogP contribution is 2.31. The van der Waals surface area contributed by atoms with E-state index in [0.29, 0.717) is 69.6 Å². The van der Waals surface area contributed by atoms with Crippen molar-refractivity contribution in [3.63, 3.8) is 0 Å². The SMILES string of the molecule is BrC1NC=Cn2cccc21.CCOC(Cn1cccc1)OCC.CCOC(Cn1cccc1C(=O)C(Cl)(Cl)Cl)OCC.CCOC(Cn1cccc1C(N)=O)OCC.O=c1[nH]ccn2cccc12.c1cc[nH]c1. The van der Waals surface area contributed by atoms with Gasteiger partial charge in [-0.3, -0.25) is 14.4 Å². The smallest absolute Gasteiger partial charge is 0.272 e. The lowest BCUT2D eigenvalue weighted by Crippen LogP contribution is -2.28. The Morgan fingerprint density at radius 3 is 1.59 bits per heavy atom. The van der Waals surface area contributed by atoms with Crippen molar-refractivity contribution in [1.29, 1.82) is 0 Å². The second-order valence-corrected chi connectivity index (χ2v) is 18.0. The minimum Gasteiger partial charge on any atom is -0.373 e. The first-order valence-electron chi connectivity index (χ1n) is 23.7. The van der Waals surface area contributed by atoms with Crippen LogP contribution >= 0.6 is 50.7 Å². The maximum Gasteiger partial charge on any atom is 0.272 e. The van der Waals surface area contributed by atoms with Gasteiger partial charge in [0.1, 0.15) is 16.2 Å². The fourth-order valence-corrected chi connectivity index (χ4v) is 7.43. The molecule has 1 aliphatic rings. The molecule has 0 saturated carbocycles. The van der Waals surface area contributed by atoms with Crippen molar-refractivity contribution in [3.05, 3.63) is 168 Å². The molecule has 73 heavy (non-hydrogen) atoms. The zero-order chi connectivity index (χ0) is 53.4. The fraction of sp³-hybridized carbons (Fsp3) is 0.392. The van der Waals surface area contributed by atoms with Crippen LogP contribution < -0.4 is 16.6 Å². The topological polar surface area (TPSA) is 200 Å². The number of ketones is 1. The van der Waals surface area contributed by atoms with E-state index in [9.17, 15) is 14.4 Å². The Balaban J connectivity index is 0.000000238. The summed E-state index contributed by atoms with van der Waals surface area (Å²) in [5, 5.41) is 3.14. The molecule has 0 aliphatic carbocycles. The molecule has 1 atom stereocenters. The molecule has 0 spiro atoms.